The number of imide groups is 1. The van der Waals surface area contributed by atoms with Gasteiger partial charge in [0.05, 0.1) is 11.1 Å². The molecule has 1 aliphatic rings. The van der Waals surface area contributed by atoms with Crippen molar-refractivity contribution >= 4 is 30.1 Å². The van der Waals surface area contributed by atoms with Gasteiger partial charge in [-0.25, -0.2) is 0 Å². The molecule has 142 valence electrons. The summed E-state index contributed by atoms with van der Waals surface area (Å²) in [4.78, 5) is 38.6. The normalized spacial score (nSPS) is 15.0. The molecule has 0 aromatic heterocycles. The van der Waals surface area contributed by atoms with Gasteiger partial charge in [-0.3, -0.25) is 19.3 Å². The molecule has 0 saturated carbocycles. The van der Waals surface area contributed by atoms with Crippen LogP contribution in [-0.4, -0.2) is 35.2 Å². The van der Waals surface area contributed by atoms with E-state index in [0.717, 1.165) is 16.0 Å². The number of benzene rings is 2. The van der Waals surface area contributed by atoms with E-state index in [9.17, 15) is 14.4 Å². The van der Waals surface area contributed by atoms with Crippen LogP contribution in [0, 0.1) is 6.92 Å². The van der Waals surface area contributed by atoms with Crippen molar-refractivity contribution in [1.82, 2.24) is 10.2 Å². The molecule has 3 rings (SSSR count). The summed E-state index contributed by atoms with van der Waals surface area (Å²) >= 11 is 0. The minimum absolute atomic E-state index is 0. The second-order valence-corrected chi connectivity index (χ2v) is 6.47. The van der Waals surface area contributed by atoms with E-state index >= 15 is 0 Å². The number of nitrogens with zero attached hydrogens (tertiary/aromatic N) is 1. The predicted octanol–water partition coefficient (Wildman–Crippen LogP) is 2.22. The van der Waals surface area contributed by atoms with Gasteiger partial charge in [-0.05, 0) is 31.5 Å². The highest BCUT2D eigenvalue weighted by molar-refractivity contribution is 6.22. The zero-order valence-corrected chi connectivity index (χ0v) is 16.0. The van der Waals surface area contributed by atoms with Crippen LogP contribution in [0.25, 0.3) is 0 Å². The number of nitrogens with one attached hydrogen (secondary N) is 1. The average Bonchev–Trinajstić information content (AvgIpc) is 2.89. The highest BCUT2D eigenvalue weighted by Crippen LogP contribution is 2.25. The Hall–Kier alpha value is -2.70. The summed E-state index contributed by atoms with van der Waals surface area (Å²) in [6.07, 6.45) is 0. The van der Waals surface area contributed by atoms with Crippen LogP contribution >= 0.6 is 12.4 Å². The summed E-state index contributed by atoms with van der Waals surface area (Å²) in [6.45, 7) is 3.61. The van der Waals surface area contributed by atoms with Gasteiger partial charge in [-0.15, -0.1) is 12.4 Å². The van der Waals surface area contributed by atoms with E-state index in [1.165, 1.54) is 6.92 Å². The lowest BCUT2D eigenvalue weighted by molar-refractivity contribution is -0.124. The lowest BCUT2D eigenvalue weighted by atomic mass is 10.1. The van der Waals surface area contributed by atoms with Crippen molar-refractivity contribution in [2.45, 2.75) is 25.9 Å². The van der Waals surface area contributed by atoms with Crippen molar-refractivity contribution in [2.24, 2.45) is 5.73 Å². The lowest BCUT2D eigenvalue weighted by Crippen LogP contribution is -2.49. The number of carbonyl (C=O) groups is 3. The molecular weight excluding hydrogens is 366 g/mol. The summed E-state index contributed by atoms with van der Waals surface area (Å²) in [5.74, 6) is -1.30. The topological polar surface area (TPSA) is 92.5 Å². The summed E-state index contributed by atoms with van der Waals surface area (Å²) in [5, 5.41) is 2.73. The van der Waals surface area contributed by atoms with Crippen LogP contribution in [-0.2, 0) is 4.79 Å². The van der Waals surface area contributed by atoms with E-state index in [2.05, 4.69) is 5.32 Å². The van der Waals surface area contributed by atoms with Gasteiger partial charge in [0.25, 0.3) is 11.8 Å². The first-order valence-corrected chi connectivity index (χ1v) is 8.47. The van der Waals surface area contributed by atoms with Gasteiger partial charge in [0.2, 0.25) is 5.91 Å². The third-order valence-corrected chi connectivity index (χ3v) is 4.56. The van der Waals surface area contributed by atoms with Gasteiger partial charge >= 0.3 is 0 Å². The number of fused-ring (bicyclic) bond motifs is 1. The molecule has 2 aromatic rings. The maximum atomic E-state index is 12.6. The van der Waals surface area contributed by atoms with Crippen molar-refractivity contribution in [3.8, 4) is 0 Å². The molecule has 0 radical (unpaired) electrons. The molecule has 7 heteroatoms. The average molecular weight is 388 g/mol. The van der Waals surface area contributed by atoms with Gasteiger partial charge in [0.1, 0.15) is 6.04 Å². The molecule has 0 aliphatic carbocycles. The number of hydrogen-bond donors (Lipinski definition) is 2. The van der Waals surface area contributed by atoms with Crippen LogP contribution in [0.1, 0.15) is 44.8 Å². The van der Waals surface area contributed by atoms with Crippen molar-refractivity contribution in [2.75, 3.05) is 6.54 Å². The number of aryl methyl sites for hydroxylation is 1. The van der Waals surface area contributed by atoms with Crippen LogP contribution in [0.3, 0.4) is 0 Å². The fourth-order valence-electron chi connectivity index (χ4n) is 3.02. The SMILES string of the molecule is Cc1ccc2c(c1)C(=O)N(C(C)C(=O)NCC(N)c1ccccc1)C2=O.Cl. The summed E-state index contributed by atoms with van der Waals surface area (Å²) in [5.41, 5.74) is 8.54. The molecule has 2 unspecified atom stereocenters. The van der Waals surface area contributed by atoms with E-state index in [-0.39, 0.29) is 25.0 Å². The zero-order valence-electron chi connectivity index (χ0n) is 15.1. The third kappa shape index (κ3) is 4.02. The maximum Gasteiger partial charge on any atom is 0.262 e. The van der Waals surface area contributed by atoms with Crippen molar-refractivity contribution < 1.29 is 14.4 Å². The largest absolute Gasteiger partial charge is 0.352 e. The van der Waals surface area contributed by atoms with E-state index in [1.54, 1.807) is 18.2 Å². The fourth-order valence-corrected chi connectivity index (χ4v) is 3.02. The van der Waals surface area contributed by atoms with Gasteiger partial charge in [0.15, 0.2) is 0 Å². The van der Waals surface area contributed by atoms with Crippen LogP contribution in [0.15, 0.2) is 48.5 Å². The summed E-state index contributed by atoms with van der Waals surface area (Å²) < 4.78 is 0. The van der Waals surface area contributed by atoms with E-state index in [1.807, 2.05) is 37.3 Å². The minimum atomic E-state index is -0.911. The van der Waals surface area contributed by atoms with Crippen LogP contribution in [0.5, 0.6) is 0 Å². The number of amides is 3. The first-order chi connectivity index (χ1) is 12.4. The Bertz CT molecular complexity index is 870. The van der Waals surface area contributed by atoms with Crippen molar-refractivity contribution in [1.29, 1.82) is 0 Å². The quantitative estimate of drug-likeness (QED) is 0.769. The Morgan fingerprint density at radius 2 is 1.70 bits per heavy atom. The van der Waals surface area contributed by atoms with Gasteiger partial charge in [-0.1, -0.05) is 42.0 Å². The second kappa shape index (κ2) is 8.33. The van der Waals surface area contributed by atoms with Crippen molar-refractivity contribution in [3.63, 3.8) is 0 Å². The summed E-state index contributed by atoms with van der Waals surface area (Å²) in [6, 6.07) is 13.2. The van der Waals surface area contributed by atoms with E-state index in [4.69, 9.17) is 5.73 Å². The molecule has 1 heterocycles. The minimum Gasteiger partial charge on any atom is -0.352 e. The molecule has 0 spiro atoms. The highest BCUT2D eigenvalue weighted by atomic mass is 35.5. The molecule has 6 nitrogen and oxygen atoms in total. The van der Waals surface area contributed by atoms with Gasteiger partial charge < -0.3 is 11.1 Å². The monoisotopic (exact) mass is 387 g/mol. The van der Waals surface area contributed by atoms with Crippen LogP contribution < -0.4 is 11.1 Å². The van der Waals surface area contributed by atoms with Gasteiger partial charge in [0, 0.05) is 12.6 Å². The van der Waals surface area contributed by atoms with Crippen LogP contribution in [0.2, 0.25) is 0 Å². The Labute approximate surface area is 164 Å². The molecule has 1 aliphatic heterocycles. The number of hydrogen-bond acceptors (Lipinski definition) is 4. The Balaban J connectivity index is 0.00000261. The Morgan fingerprint density at radius 1 is 1.07 bits per heavy atom. The first kappa shape index (κ1) is 20.6. The van der Waals surface area contributed by atoms with E-state index < -0.39 is 23.8 Å². The standard InChI is InChI=1S/C20H21N3O3.ClH/c1-12-8-9-15-16(10-12)20(26)23(19(15)25)13(2)18(24)22-11-17(21)14-6-4-3-5-7-14;/h3-10,13,17H,11,21H2,1-2H3,(H,22,24);1H. The van der Waals surface area contributed by atoms with Crippen LogP contribution in [0.4, 0.5) is 0 Å². The number of halogens is 1. The summed E-state index contributed by atoms with van der Waals surface area (Å²) in [7, 11) is 0. The molecule has 0 saturated heterocycles. The van der Waals surface area contributed by atoms with E-state index in [0.29, 0.717) is 11.1 Å². The Kier molecular flexibility index (Phi) is 6.36. The highest BCUT2D eigenvalue weighted by Gasteiger charge is 2.40. The third-order valence-electron chi connectivity index (χ3n) is 4.56. The number of nitrogens with two attached hydrogens (primary N) is 1. The molecule has 3 N–H and O–H groups in total. The molecule has 3 amide bonds. The lowest BCUT2D eigenvalue weighted by Gasteiger charge is -2.22. The molecule has 0 fully saturated rings. The molecule has 27 heavy (non-hydrogen) atoms. The number of rotatable bonds is 5. The second-order valence-electron chi connectivity index (χ2n) is 6.47. The smallest absolute Gasteiger partial charge is 0.262 e. The van der Waals surface area contributed by atoms with Gasteiger partial charge in [-0.2, -0.15) is 0 Å². The molecule has 2 aromatic carbocycles. The fraction of sp³-hybridized carbons (Fsp3) is 0.250. The Morgan fingerprint density at radius 3 is 2.37 bits per heavy atom. The first-order valence-electron chi connectivity index (χ1n) is 8.47. The molecule has 2 atom stereocenters. The van der Waals surface area contributed by atoms with Crippen molar-refractivity contribution in [3.05, 3.63) is 70.8 Å². The predicted molar refractivity (Wildman–Crippen MR) is 105 cm³/mol. The number of carbonyl (C=O) groups excluding carboxylic acids is 3. The molecular formula is C20H22ClN3O3. The zero-order chi connectivity index (χ0) is 18.8. The molecule has 0 bridgehead atoms. The maximum absolute atomic E-state index is 12.6.